The number of anilines is 1. The summed E-state index contributed by atoms with van der Waals surface area (Å²) in [6, 6.07) is 11.6. The monoisotopic (exact) mass is 421 g/mol. The molecule has 0 saturated heterocycles. The van der Waals surface area contributed by atoms with E-state index in [-0.39, 0.29) is 23.7 Å². The molecule has 2 aliphatic rings. The van der Waals surface area contributed by atoms with Crippen molar-refractivity contribution in [3.05, 3.63) is 64.9 Å². The first-order valence-corrected chi connectivity index (χ1v) is 10.1. The van der Waals surface area contributed by atoms with Crippen LogP contribution in [-0.4, -0.2) is 37.0 Å². The lowest BCUT2D eigenvalue weighted by atomic mass is 9.76. The number of carbonyl (C=O) groups is 3. The number of rotatable bonds is 5. The molecule has 1 aliphatic heterocycles. The minimum absolute atomic E-state index is 0.0102. The molecule has 1 heterocycles. The highest BCUT2D eigenvalue weighted by Crippen LogP contribution is 2.46. The second-order valence-electron chi connectivity index (χ2n) is 7.59. The normalized spacial score (nSPS) is 18.6. The number of hydrogen-bond acceptors (Lipinski definition) is 5. The van der Waals surface area contributed by atoms with E-state index in [1.165, 1.54) is 17.0 Å². The van der Waals surface area contributed by atoms with Crippen LogP contribution in [0.1, 0.15) is 47.5 Å². The van der Waals surface area contributed by atoms with Gasteiger partial charge in [-0.2, -0.15) is 0 Å². The molecule has 0 spiro atoms. The molecule has 0 bridgehead atoms. The number of aromatic carboxylic acids is 1. The Balaban J connectivity index is 1.86. The first kappa shape index (κ1) is 20.7. The number of carbonyl (C=O) groups excluding carboxylic acids is 2. The number of carboxylic acids is 1. The maximum absolute atomic E-state index is 13.3. The fourth-order valence-corrected chi connectivity index (χ4v) is 4.44. The van der Waals surface area contributed by atoms with E-state index in [1.807, 2.05) is 6.07 Å². The summed E-state index contributed by atoms with van der Waals surface area (Å²) in [5, 5.41) is 9.35. The SMILES string of the molecule is COc1ccc(C2CC(=O)N(c3cccc(C(=O)O)c3)C3=C2C(=O)CCC3)c(OC)c1. The number of allylic oxidation sites excluding steroid dienone is 2. The number of hydrogen-bond donors (Lipinski definition) is 1. The van der Waals surface area contributed by atoms with Gasteiger partial charge in [-0.25, -0.2) is 4.79 Å². The van der Waals surface area contributed by atoms with Crippen LogP contribution in [-0.2, 0) is 9.59 Å². The third-order valence-corrected chi connectivity index (χ3v) is 5.84. The number of amides is 1. The second-order valence-corrected chi connectivity index (χ2v) is 7.59. The van der Waals surface area contributed by atoms with Gasteiger partial charge >= 0.3 is 5.97 Å². The summed E-state index contributed by atoms with van der Waals surface area (Å²) in [4.78, 5) is 39.3. The van der Waals surface area contributed by atoms with Crippen LogP contribution in [0.5, 0.6) is 11.5 Å². The maximum Gasteiger partial charge on any atom is 0.335 e. The van der Waals surface area contributed by atoms with E-state index in [1.54, 1.807) is 38.5 Å². The second kappa shape index (κ2) is 8.26. The van der Waals surface area contributed by atoms with E-state index in [9.17, 15) is 19.5 Å². The number of methoxy groups -OCH3 is 2. The highest BCUT2D eigenvalue weighted by molar-refractivity contribution is 6.08. The maximum atomic E-state index is 13.3. The molecule has 160 valence electrons. The molecule has 0 saturated carbocycles. The van der Waals surface area contributed by atoms with Gasteiger partial charge in [0, 0.05) is 47.3 Å². The van der Waals surface area contributed by atoms with E-state index in [0.29, 0.717) is 47.7 Å². The van der Waals surface area contributed by atoms with E-state index >= 15 is 0 Å². The van der Waals surface area contributed by atoms with Crippen molar-refractivity contribution in [3.63, 3.8) is 0 Å². The number of ether oxygens (including phenoxy) is 2. The van der Waals surface area contributed by atoms with Gasteiger partial charge < -0.3 is 14.6 Å². The molecule has 2 aromatic rings. The fourth-order valence-electron chi connectivity index (χ4n) is 4.44. The van der Waals surface area contributed by atoms with Crippen LogP contribution < -0.4 is 14.4 Å². The van der Waals surface area contributed by atoms with Gasteiger partial charge in [0.25, 0.3) is 0 Å². The Hall–Kier alpha value is -3.61. The summed E-state index contributed by atoms with van der Waals surface area (Å²) in [5.41, 5.74) is 2.58. The van der Waals surface area contributed by atoms with E-state index in [2.05, 4.69) is 0 Å². The van der Waals surface area contributed by atoms with Gasteiger partial charge in [-0.1, -0.05) is 12.1 Å². The third-order valence-electron chi connectivity index (χ3n) is 5.84. The van der Waals surface area contributed by atoms with Crippen molar-refractivity contribution in [3.8, 4) is 11.5 Å². The first-order chi connectivity index (χ1) is 14.9. The zero-order valence-corrected chi connectivity index (χ0v) is 17.4. The van der Waals surface area contributed by atoms with Crippen LogP contribution in [0.2, 0.25) is 0 Å². The number of nitrogens with zero attached hydrogens (tertiary/aromatic N) is 1. The summed E-state index contributed by atoms with van der Waals surface area (Å²) in [7, 11) is 3.11. The van der Waals surface area contributed by atoms with Crippen LogP contribution in [0.15, 0.2) is 53.7 Å². The Labute approximate surface area is 179 Å². The standard InChI is InChI=1S/C24H23NO6/c1-30-16-9-10-17(21(12-16)31-2)18-13-22(27)25(19-7-4-8-20(26)23(18)19)15-6-3-5-14(11-15)24(28)29/h3,5-6,9-12,18H,4,7-8,13H2,1-2H3,(H,28,29). The molecule has 7 nitrogen and oxygen atoms in total. The molecule has 7 heteroatoms. The summed E-state index contributed by atoms with van der Waals surface area (Å²) in [6.07, 6.45) is 1.72. The van der Waals surface area contributed by atoms with Gasteiger partial charge in [-0.05, 0) is 37.1 Å². The lowest BCUT2D eigenvalue weighted by Crippen LogP contribution is -2.40. The highest BCUT2D eigenvalue weighted by Gasteiger charge is 2.40. The average Bonchev–Trinajstić information content (AvgIpc) is 2.78. The van der Waals surface area contributed by atoms with Crippen molar-refractivity contribution in [1.29, 1.82) is 0 Å². The Bertz CT molecular complexity index is 1100. The zero-order chi connectivity index (χ0) is 22.1. The summed E-state index contributed by atoms with van der Waals surface area (Å²) in [5.74, 6) is -0.478. The van der Waals surface area contributed by atoms with Gasteiger partial charge in [0.2, 0.25) is 5.91 Å². The number of benzene rings is 2. The van der Waals surface area contributed by atoms with Crippen LogP contribution >= 0.6 is 0 Å². The van der Waals surface area contributed by atoms with Crippen molar-refractivity contribution < 1.29 is 29.0 Å². The van der Waals surface area contributed by atoms with Gasteiger partial charge in [-0.3, -0.25) is 14.5 Å². The van der Waals surface area contributed by atoms with Crippen LogP contribution in [0.3, 0.4) is 0 Å². The topological polar surface area (TPSA) is 93.1 Å². The Morgan fingerprint density at radius 1 is 1.06 bits per heavy atom. The Kier molecular flexibility index (Phi) is 5.50. The number of carboxylic acid groups (broad SMARTS) is 1. The van der Waals surface area contributed by atoms with Gasteiger partial charge in [0.05, 0.1) is 19.8 Å². The Morgan fingerprint density at radius 2 is 1.87 bits per heavy atom. The summed E-state index contributed by atoms with van der Waals surface area (Å²) in [6.45, 7) is 0. The largest absolute Gasteiger partial charge is 0.497 e. The lowest BCUT2D eigenvalue weighted by molar-refractivity contribution is -0.119. The molecule has 0 fully saturated rings. The molecular formula is C24H23NO6. The molecule has 4 rings (SSSR count). The van der Waals surface area contributed by atoms with Crippen LogP contribution in [0.4, 0.5) is 5.69 Å². The van der Waals surface area contributed by atoms with Crippen molar-refractivity contribution in [2.45, 2.75) is 31.6 Å². The molecule has 1 unspecified atom stereocenters. The van der Waals surface area contributed by atoms with Crippen LogP contribution in [0, 0.1) is 0 Å². The molecule has 2 aromatic carbocycles. The number of Topliss-reactive ketones (excluding diaryl/α,β-unsaturated/α-hetero) is 1. The summed E-state index contributed by atoms with van der Waals surface area (Å²) < 4.78 is 10.8. The van der Waals surface area contributed by atoms with Crippen LogP contribution in [0.25, 0.3) is 0 Å². The minimum atomic E-state index is -1.07. The van der Waals surface area contributed by atoms with E-state index in [4.69, 9.17) is 9.47 Å². The molecule has 31 heavy (non-hydrogen) atoms. The molecule has 0 radical (unpaired) electrons. The quantitative estimate of drug-likeness (QED) is 0.786. The molecule has 0 aromatic heterocycles. The zero-order valence-electron chi connectivity index (χ0n) is 17.4. The van der Waals surface area contributed by atoms with Crippen molar-refractivity contribution >= 4 is 23.3 Å². The van der Waals surface area contributed by atoms with Gasteiger partial charge in [-0.15, -0.1) is 0 Å². The van der Waals surface area contributed by atoms with Crippen molar-refractivity contribution in [2.24, 2.45) is 0 Å². The molecule has 1 atom stereocenters. The third kappa shape index (κ3) is 3.67. The Morgan fingerprint density at radius 3 is 2.58 bits per heavy atom. The van der Waals surface area contributed by atoms with Gasteiger partial charge in [0.1, 0.15) is 11.5 Å². The molecule has 1 N–H and O–H groups in total. The van der Waals surface area contributed by atoms with Crippen molar-refractivity contribution in [2.75, 3.05) is 19.1 Å². The van der Waals surface area contributed by atoms with E-state index < -0.39 is 11.9 Å². The smallest absolute Gasteiger partial charge is 0.335 e. The fraction of sp³-hybridized carbons (Fsp3) is 0.292. The lowest BCUT2D eigenvalue weighted by Gasteiger charge is -2.38. The summed E-state index contributed by atoms with van der Waals surface area (Å²) >= 11 is 0. The molecule has 1 aliphatic carbocycles. The average molecular weight is 421 g/mol. The predicted octanol–water partition coefficient (Wildman–Crippen LogP) is 3.93. The van der Waals surface area contributed by atoms with E-state index in [0.717, 1.165) is 5.56 Å². The van der Waals surface area contributed by atoms with Crippen molar-refractivity contribution in [1.82, 2.24) is 0 Å². The minimum Gasteiger partial charge on any atom is -0.497 e. The predicted molar refractivity (Wildman–Crippen MR) is 114 cm³/mol. The first-order valence-electron chi connectivity index (χ1n) is 10.1. The highest BCUT2D eigenvalue weighted by atomic mass is 16.5. The molecular weight excluding hydrogens is 398 g/mol. The van der Waals surface area contributed by atoms with Gasteiger partial charge in [0.15, 0.2) is 5.78 Å². The molecule has 1 amide bonds. The number of ketones is 1.